The number of hydrogen-bond acceptors (Lipinski definition) is 6. The molecule has 2 amide bonds. The van der Waals surface area contributed by atoms with Gasteiger partial charge in [0.2, 0.25) is 0 Å². The summed E-state index contributed by atoms with van der Waals surface area (Å²) in [7, 11) is -2.04. The van der Waals surface area contributed by atoms with Gasteiger partial charge in [-0.05, 0) is 25.1 Å². The first-order valence-electron chi connectivity index (χ1n) is 9.14. The summed E-state index contributed by atoms with van der Waals surface area (Å²) in [6.07, 6.45) is -0.0409. The van der Waals surface area contributed by atoms with Crippen LogP contribution in [-0.2, 0) is 14.0 Å². The number of H-pyrrole nitrogens is 1. The minimum atomic E-state index is -2.04. The third-order valence-electron chi connectivity index (χ3n) is 5.36. The van der Waals surface area contributed by atoms with Crippen molar-refractivity contribution in [2.75, 3.05) is 6.61 Å². The summed E-state index contributed by atoms with van der Waals surface area (Å²) in [5.74, 6) is 0. The van der Waals surface area contributed by atoms with E-state index in [1.54, 1.807) is 6.92 Å². The summed E-state index contributed by atoms with van der Waals surface area (Å²) in [4.78, 5) is 42.4. The van der Waals surface area contributed by atoms with Crippen LogP contribution in [0.4, 0.5) is 4.79 Å². The van der Waals surface area contributed by atoms with Crippen LogP contribution in [0.25, 0.3) is 0 Å². The van der Waals surface area contributed by atoms with Crippen LogP contribution in [0.15, 0.2) is 15.8 Å². The quantitative estimate of drug-likeness (QED) is 0.471. The standard InChI is InChI=1S/C17H30N4O6Si/c1-10-8-21(16(24)19-14(10)22)13-7-11(27-20-15(18)23)12(26-13)9-25-28(5,6)17(2,3)4/h8,11-13H,7,9H2,1-6H3,(H3,18,20,23)(H,19,22,24)/t11-,12-,13-/m1/s1. The summed E-state index contributed by atoms with van der Waals surface area (Å²) in [6.45, 7) is 12.5. The molecular formula is C17H30N4O6Si. The van der Waals surface area contributed by atoms with Crippen molar-refractivity contribution in [2.45, 2.75) is 70.7 Å². The Morgan fingerprint density at radius 1 is 1.43 bits per heavy atom. The molecule has 0 aliphatic carbocycles. The number of aromatic nitrogens is 2. The lowest BCUT2D eigenvalue weighted by Crippen LogP contribution is -2.45. The van der Waals surface area contributed by atoms with E-state index in [0.717, 1.165) is 0 Å². The van der Waals surface area contributed by atoms with E-state index < -0.39 is 44.0 Å². The highest BCUT2D eigenvalue weighted by Crippen LogP contribution is 2.38. The number of aryl methyl sites for hydroxylation is 1. The lowest BCUT2D eigenvalue weighted by Gasteiger charge is -2.37. The molecule has 0 bridgehead atoms. The molecule has 1 aromatic heterocycles. The molecule has 1 aromatic rings. The predicted molar refractivity (Wildman–Crippen MR) is 105 cm³/mol. The summed E-state index contributed by atoms with van der Waals surface area (Å²) in [6, 6.07) is -0.829. The largest absolute Gasteiger partial charge is 0.414 e. The van der Waals surface area contributed by atoms with E-state index in [-0.39, 0.29) is 18.1 Å². The Morgan fingerprint density at radius 2 is 2.07 bits per heavy atom. The number of nitrogens with two attached hydrogens (primary N) is 1. The summed E-state index contributed by atoms with van der Waals surface area (Å²) in [5, 5.41) is 0.0137. The van der Waals surface area contributed by atoms with E-state index >= 15 is 0 Å². The maximum Gasteiger partial charge on any atom is 0.336 e. The highest BCUT2D eigenvalue weighted by atomic mass is 28.4. The average Bonchev–Trinajstić information content (AvgIpc) is 2.96. The SMILES string of the molecule is Cc1cn([C@H]2C[C@@H](ONC(N)=O)[C@@H](CO[Si](C)(C)C(C)(C)C)O2)c(=O)[nH]c1=O. The molecule has 11 heteroatoms. The number of aromatic amines is 1. The van der Waals surface area contributed by atoms with E-state index in [0.29, 0.717) is 5.56 Å². The maximum atomic E-state index is 12.2. The number of hydrogen-bond donors (Lipinski definition) is 3. The van der Waals surface area contributed by atoms with Crippen molar-refractivity contribution in [3.05, 3.63) is 32.6 Å². The fourth-order valence-electron chi connectivity index (χ4n) is 2.59. The van der Waals surface area contributed by atoms with Gasteiger partial charge < -0.3 is 14.9 Å². The Labute approximate surface area is 164 Å². The van der Waals surface area contributed by atoms with Gasteiger partial charge in [-0.3, -0.25) is 19.2 Å². The van der Waals surface area contributed by atoms with Crippen molar-refractivity contribution in [2.24, 2.45) is 5.73 Å². The minimum absolute atomic E-state index is 0.0137. The molecule has 158 valence electrons. The van der Waals surface area contributed by atoms with Crippen molar-refractivity contribution in [1.29, 1.82) is 0 Å². The smallest absolute Gasteiger partial charge is 0.336 e. The van der Waals surface area contributed by atoms with Gasteiger partial charge in [0.25, 0.3) is 5.56 Å². The number of primary amides is 1. The second-order valence-corrected chi connectivity index (χ2v) is 13.3. The van der Waals surface area contributed by atoms with E-state index in [9.17, 15) is 14.4 Å². The molecule has 0 spiro atoms. The normalized spacial score (nSPS) is 23.0. The number of nitrogens with one attached hydrogen (secondary N) is 2. The Morgan fingerprint density at radius 3 is 2.64 bits per heavy atom. The van der Waals surface area contributed by atoms with Crippen LogP contribution in [0.2, 0.25) is 18.1 Å². The topological polar surface area (TPSA) is 138 Å². The van der Waals surface area contributed by atoms with E-state index in [4.69, 9.17) is 19.7 Å². The van der Waals surface area contributed by atoms with Gasteiger partial charge in [0.05, 0.1) is 6.61 Å². The molecule has 4 N–H and O–H groups in total. The first kappa shape index (κ1) is 22.3. The summed E-state index contributed by atoms with van der Waals surface area (Å²) >= 11 is 0. The van der Waals surface area contributed by atoms with Crippen LogP contribution < -0.4 is 22.5 Å². The zero-order chi connectivity index (χ0) is 21.3. The fraction of sp³-hybridized carbons (Fsp3) is 0.706. The van der Waals surface area contributed by atoms with Gasteiger partial charge in [-0.15, -0.1) is 0 Å². The van der Waals surface area contributed by atoms with Crippen LogP contribution in [-0.4, -0.2) is 42.7 Å². The highest BCUT2D eigenvalue weighted by Gasteiger charge is 2.42. The first-order chi connectivity index (χ1) is 12.8. The molecule has 28 heavy (non-hydrogen) atoms. The van der Waals surface area contributed by atoms with Gasteiger partial charge in [0.1, 0.15) is 18.4 Å². The molecule has 0 saturated carbocycles. The lowest BCUT2D eigenvalue weighted by molar-refractivity contribution is -0.0763. The number of carbonyl (C=O) groups excluding carboxylic acids is 1. The number of nitrogens with zero attached hydrogens (tertiary/aromatic N) is 1. The van der Waals surface area contributed by atoms with Crippen LogP contribution in [0.1, 0.15) is 39.0 Å². The molecule has 2 rings (SSSR count). The number of hydroxylamine groups is 1. The Kier molecular flexibility index (Phi) is 6.54. The van der Waals surface area contributed by atoms with E-state index in [2.05, 4.69) is 44.3 Å². The van der Waals surface area contributed by atoms with Crippen LogP contribution in [0.3, 0.4) is 0 Å². The molecule has 1 saturated heterocycles. The molecular weight excluding hydrogens is 384 g/mol. The highest BCUT2D eigenvalue weighted by molar-refractivity contribution is 6.74. The Balaban J connectivity index is 2.20. The monoisotopic (exact) mass is 414 g/mol. The molecule has 0 radical (unpaired) electrons. The second-order valence-electron chi connectivity index (χ2n) is 8.54. The summed E-state index contributed by atoms with van der Waals surface area (Å²) in [5.41, 5.74) is 6.57. The van der Waals surface area contributed by atoms with Gasteiger partial charge in [-0.1, -0.05) is 20.8 Å². The number of amides is 2. The second kappa shape index (κ2) is 8.19. The van der Waals surface area contributed by atoms with Crippen molar-refractivity contribution in [1.82, 2.24) is 15.0 Å². The van der Waals surface area contributed by atoms with Crippen molar-refractivity contribution in [3.8, 4) is 0 Å². The fourth-order valence-corrected chi connectivity index (χ4v) is 3.60. The van der Waals surface area contributed by atoms with Gasteiger partial charge in [-0.2, -0.15) is 0 Å². The van der Waals surface area contributed by atoms with Crippen LogP contribution >= 0.6 is 0 Å². The third kappa shape index (κ3) is 5.10. The van der Waals surface area contributed by atoms with Crippen molar-refractivity contribution >= 4 is 14.3 Å². The maximum absolute atomic E-state index is 12.2. The van der Waals surface area contributed by atoms with Crippen LogP contribution in [0, 0.1) is 6.92 Å². The van der Waals surface area contributed by atoms with Crippen LogP contribution in [0.5, 0.6) is 0 Å². The van der Waals surface area contributed by atoms with Gasteiger partial charge in [0.15, 0.2) is 8.32 Å². The molecule has 1 aliphatic rings. The number of urea groups is 1. The van der Waals surface area contributed by atoms with E-state index in [1.807, 2.05) is 0 Å². The molecule has 3 atom stereocenters. The predicted octanol–water partition coefficient (Wildman–Crippen LogP) is 1.12. The van der Waals surface area contributed by atoms with E-state index in [1.165, 1.54) is 10.8 Å². The third-order valence-corrected chi connectivity index (χ3v) is 9.86. The number of carbonyl (C=O) groups is 1. The number of rotatable bonds is 6. The molecule has 0 unspecified atom stereocenters. The lowest BCUT2D eigenvalue weighted by atomic mass is 10.2. The zero-order valence-electron chi connectivity index (χ0n) is 17.2. The summed E-state index contributed by atoms with van der Waals surface area (Å²) < 4.78 is 13.5. The average molecular weight is 415 g/mol. The van der Waals surface area contributed by atoms with Gasteiger partial charge in [-0.25, -0.2) is 15.1 Å². The molecule has 10 nitrogen and oxygen atoms in total. The van der Waals surface area contributed by atoms with Crippen molar-refractivity contribution in [3.63, 3.8) is 0 Å². The molecule has 1 fully saturated rings. The first-order valence-corrected chi connectivity index (χ1v) is 12.1. The van der Waals surface area contributed by atoms with Crippen molar-refractivity contribution < 1.29 is 18.8 Å². The number of ether oxygens (including phenoxy) is 1. The minimum Gasteiger partial charge on any atom is -0.414 e. The molecule has 1 aliphatic heterocycles. The molecule has 2 heterocycles. The molecule has 0 aromatic carbocycles. The van der Waals surface area contributed by atoms with Gasteiger partial charge >= 0.3 is 11.7 Å². The Bertz CT molecular complexity index is 828. The zero-order valence-corrected chi connectivity index (χ0v) is 18.2. The van der Waals surface area contributed by atoms with Gasteiger partial charge in [0, 0.05) is 18.2 Å². The Hall–Kier alpha value is -1.95.